The lowest BCUT2D eigenvalue weighted by Crippen LogP contribution is -2.41. The zero-order valence-corrected chi connectivity index (χ0v) is 16.9. The van der Waals surface area contributed by atoms with E-state index < -0.39 is 0 Å². The molecule has 4 N–H and O–H groups in total. The maximum absolute atomic E-state index is 9.09. The summed E-state index contributed by atoms with van der Waals surface area (Å²) < 4.78 is 0. The van der Waals surface area contributed by atoms with Gasteiger partial charge >= 0.3 is 0 Å². The molecule has 0 aromatic rings. The smallest absolute Gasteiger partial charge is 0.0448 e. The van der Waals surface area contributed by atoms with Crippen LogP contribution >= 0.6 is 0 Å². The van der Waals surface area contributed by atoms with Gasteiger partial charge in [0.05, 0.1) is 0 Å². The van der Waals surface area contributed by atoms with Gasteiger partial charge in [-0.2, -0.15) is 0 Å². The van der Waals surface area contributed by atoms with Crippen molar-refractivity contribution < 1.29 is 10.2 Å². The minimum atomic E-state index is -0.372. The highest BCUT2D eigenvalue weighted by Crippen LogP contribution is 2.20. The zero-order chi connectivity index (χ0) is 18.6. The van der Waals surface area contributed by atoms with Gasteiger partial charge in [0.1, 0.15) is 0 Å². The molecule has 150 valence electrons. The zero-order valence-electron chi connectivity index (χ0n) is 16.9. The SMILES string of the molecule is CCCCCCCCC=CCCCCCCCC(N)(CCO)CCO. The second-order valence-corrected chi connectivity index (χ2v) is 7.64. The van der Waals surface area contributed by atoms with Crippen LogP contribution in [0.2, 0.25) is 0 Å². The molecule has 0 spiro atoms. The average molecular weight is 356 g/mol. The van der Waals surface area contributed by atoms with E-state index in [9.17, 15) is 0 Å². The summed E-state index contributed by atoms with van der Waals surface area (Å²) in [5.41, 5.74) is 5.87. The molecule has 0 atom stereocenters. The van der Waals surface area contributed by atoms with Crippen LogP contribution in [0.4, 0.5) is 0 Å². The number of unbranched alkanes of at least 4 members (excludes halogenated alkanes) is 11. The molecule has 0 saturated carbocycles. The molecular formula is C22H45NO2. The molecule has 0 heterocycles. The second kappa shape index (κ2) is 18.4. The van der Waals surface area contributed by atoms with E-state index in [1.165, 1.54) is 77.0 Å². The van der Waals surface area contributed by atoms with Gasteiger partial charge in [0.15, 0.2) is 0 Å². The summed E-state index contributed by atoms with van der Waals surface area (Å²) in [6.07, 6.45) is 23.7. The van der Waals surface area contributed by atoms with Crippen LogP contribution in [-0.2, 0) is 0 Å². The highest BCUT2D eigenvalue weighted by molar-refractivity contribution is 4.83. The van der Waals surface area contributed by atoms with E-state index in [2.05, 4.69) is 19.1 Å². The highest BCUT2D eigenvalue weighted by atomic mass is 16.3. The van der Waals surface area contributed by atoms with Crippen LogP contribution in [0.3, 0.4) is 0 Å². The van der Waals surface area contributed by atoms with Crippen molar-refractivity contribution in [2.45, 2.75) is 115 Å². The fourth-order valence-corrected chi connectivity index (χ4v) is 3.37. The highest BCUT2D eigenvalue weighted by Gasteiger charge is 2.22. The third-order valence-electron chi connectivity index (χ3n) is 5.16. The molecule has 3 heteroatoms. The Kier molecular flexibility index (Phi) is 18.1. The number of rotatable bonds is 19. The van der Waals surface area contributed by atoms with Gasteiger partial charge in [0.25, 0.3) is 0 Å². The molecule has 0 bridgehead atoms. The van der Waals surface area contributed by atoms with Gasteiger partial charge in [0.2, 0.25) is 0 Å². The van der Waals surface area contributed by atoms with Crippen molar-refractivity contribution in [2.75, 3.05) is 13.2 Å². The van der Waals surface area contributed by atoms with Crippen molar-refractivity contribution in [3.8, 4) is 0 Å². The van der Waals surface area contributed by atoms with E-state index in [4.69, 9.17) is 15.9 Å². The van der Waals surface area contributed by atoms with Crippen LogP contribution < -0.4 is 5.73 Å². The molecule has 0 saturated heterocycles. The van der Waals surface area contributed by atoms with Crippen molar-refractivity contribution in [2.24, 2.45) is 5.73 Å². The van der Waals surface area contributed by atoms with E-state index in [-0.39, 0.29) is 18.8 Å². The minimum Gasteiger partial charge on any atom is -0.396 e. The third kappa shape index (κ3) is 16.8. The first-order valence-corrected chi connectivity index (χ1v) is 10.8. The normalized spacial score (nSPS) is 12.3. The Balaban J connectivity index is 3.39. The Bertz CT molecular complexity index is 286. The summed E-state index contributed by atoms with van der Waals surface area (Å²) in [4.78, 5) is 0. The first-order valence-electron chi connectivity index (χ1n) is 10.8. The molecule has 0 fully saturated rings. The molecule has 0 amide bonds. The summed E-state index contributed by atoms with van der Waals surface area (Å²) in [6, 6.07) is 0. The molecule has 3 nitrogen and oxygen atoms in total. The number of allylic oxidation sites excluding steroid dienone is 2. The largest absolute Gasteiger partial charge is 0.396 e. The second-order valence-electron chi connectivity index (χ2n) is 7.64. The van der Waals surface area contributed by atoms with Gasteiger partial charge in [-0.3, -0.25) is 0 Å². The predicted octanol–water partition coefficient (Wildman–Crippen LogP) is 5.49. The van der Waals surface area contributed by atoms with E-state index in [0.29, 0.717) is 12.8 Å². The van der Waals surface area contributed by atoms with E-state index in [1.807, 2.05) is 0 Å². The number of aliphatic hydroxyl groups excluding tert-OH is 2. The minimum absolute atomic E-state index is 0.113. The fourth-order valence-electron chi connectivity index (χ4n) is 3.37. The lowest BCUT2D eigenvalue weighted by atomic mass is 9.87. The summed E-state index contributed by atoms with van der Waals surface area (Å²) in [5.74, 6) is 0. The predicted molar refractivity (Wildman–Crippen MR) is 110 cm³/mol. The lowest BCUT2D eigenvalue weighted by molar-refractivity contribution is 0.183. The Hall–Kier alpha value is -0.380. The van der Waals surface area contributed by atoms with Crippen LogP contribution in [0.15, 0.2) is 12.2 Å². The van der Waals surface area contributed by atoms with E-state index in [1.54, 1.807) is 0 Å². The van der Waals surface area contributed by atoms with Crippen LogP contribution in [0.25, 0.3) is 0 Å². The molecule has 0 aliphatic heterocycles. The summed E-state index contributed by atoms with van der Waals surface area (Å²) in [6.45, 7) is 2.49. The quantitative estimate of drug-likeness (QED) is 0.212. The van der Waals surface area contributed by atoms with Crippen molar-refractivity contribution in [3.05, 3.63) is 12.2 Å². The standard InChI is InChI=1S/C22H45NO2/c1-2-3-4-5-6-7-8-9-10-11-12-13-14-15-16-17-22(23,18-20-24)19-21-25/h9-10,24-25H,2-8,11-21,23H2,1H3. The Morgan fingerprint density at radius 1 is 0.640 bits per heavy atom. The fraction of sp³-hybridized carbons (Fsp3) is 0.909. The van der Waals surface area contributed by atoms with Gasteiger partial charge in [-0.05, 0) is 44.9 Å². The number of nitrogens with two attached hydrogens (primary N) is 1. The van der Waals surface area contributed by atoms with Crippen molar-refractivity contribution in [3.63, 3.8) is 0 Å². The number of hydrogen-bond acceptors (Lipinski definition) is 3. The van der Waals surface area contributed by atoms with Gasteiger partial charge < -0.3 is 15.9 Å². The van der Waals surface area contributed by atoms with Gasteiger partial charge in [-0.1, -0.05) is 76.9 Å². The van der Waals surface area contributed by atoms with E-state index in [0.717, 1.165) is 12.8 Å². The Morgan fingerprint density at radius 3 is 1.56 bits per heavy atom. The topological polar surface area (TPSA) is 66.5 Å². The first kappa shape index (κ1) is 24.6. The van der Waals surface area contributed by atoms with Crippen molar-refractivity contribution in [1.82, 2.24) is 0 Å². The molecule has 0 radical (unpaired) electrons. The Morgan fingerprint density at radius 2 is 1.08 bits per heavy atom. The number of aliphatic hydroxyl groups is 2. The summed E-state index contributed by atoms with van der Waals surface area (Å²) >= 11 is 0. The molecule has 0 aliphatic rings. The maximum atomic E-state index is 9.09. The average Bonchev–Trinajstić information content (AvgIpc) is 2.59. The monoisotopic (exact) mass is 355 g/mol. The number of hydrogen-bond donors (Lipinski definition) is 3. The maximum Gasteiger partial charge on any atom is 0.0448 e. The molecule has 0 rings (SSSR count). The molecule has 0 unspecified atom stereocenters. The van der Waals surface area contributed by atoms with Gasteiger partial charge in [-0.25, -0.2) is 0 Å². The summed E-state index contributed by atoms with van der Waals surface area (Å²) in [7, 11) is 0. The van der Waals surface area contributed by atoms with Gasteiger partial charge in [0, 0.05) is 18.8 Å². The summed E-state index contributed by atoms with van der Waals surface area (Å²) in [5, 5.41) is 18.2. The van der Waals surface area contributed by atoms with E-state index >= 15 is 0 Å². The first-order chi connectivity index (χ1) is 12.2. The van der Waals surface area contributed by atoms with Gasteiger partial charge in [-0.15, -0.1) is 0 Å². The van der Waals surface area contributed by atoms with Crippen LogP contribution in [-0.4, -0.2) is 29.0 Å². The van der Waals surface area contributed by atoms with Crippen LogP contribution in [0.5, 0.6) is 0 Å². The molecule has 25 heavy (non-hydrogen) atoms. The molecule has 0 aliphatic carbocycles. The molecule has 0 aromatic carbocycles. The van der Waals surface area contributed by atoms with Crippen molar-refractivity contribution in [1.29, 1.82) is 0 Å². The van der Waals surface area contributed by atoms with Crippen LogP contribution in [0, 0.1) is 0 Å². The molecule has 0 aromatic heterocycles. The lowest BCUT2D eigenvalue weighted by Gasteiger charge is -2.28. The van der Waals surface area contributed by atoms with Crippen molar-refractivity contribution >= 4 is 0 Å². The Labute approximate surface area is 157 Å². The van der Waals surface area contributed by atoms with Crippen LogP contribution in [0.1, 0.15) is 110 Å². The molecular weight excluding hydrogens is 310 g/mol. The third-order valence-corrected chi connectivity index (χ3v) is 5.16.